The molecule has 0 unspecified atom stereocenters. The summed E-state index contributed by atoms with van der Waals surface area (Å²) in [5, 5.41) is 10.6. The zero-order valence-corrected chi connectivity index (χ0v) is 8.97. The van der Waals surface area contributed by atoms with Gasteiger partial charge in [0.05, 0.1) is 6.10 Å². The third-order valence-corrected chi connectivity index (χ3v) is 2.36. The number of hydrogen-bond donors (Lipinski definition) is 1. The molecule has 2 heteroatoms. The predicted molar refractivity (Wildman–Crippen MR) is 55.9 cm³/mol. The average molecular weight is 199 g/mol. The molecule has 1 rings (SSSR count). The summed E-state index contributed by atoms with van der Waals surface area (Å²) in [6, 6.07) is 7.40. The summed E-state index contributed by atoms with van der Waals surface area (Å²) in [7, 11) is 0. The van der Waals surface area contributed by atoms with E-state index in [4.69, 9.17) is 11.6 Å². The van der Waals surface area contributed by atoms with Crippen LogP contribution in [0.3, 0.4) is 0 Å². The summed E-state index contributed by atoms with van der Waals surface area (Å²) in [5.41, 5.74) is 0.627. The summed E-state index contributed by atoms with van der Waals surface area (Å²) in [6.45, 7) is 5.96. The Morgan fingerprint density at radius 2 is 1.77 bits per heavy atom. The highest BCUT2D eigenvalue weighted by Gasteiger charge is 2.25. The van der Waals surface area contributed by atoms with Crippen molar-refractivity contribution in [2.24, 2.45) is 5.41 Å². The molecule has 0 bridgehead atoms. The lowest BCUT2D eigenvalue weighted by Gasteiger charge is -2.26. The Bertz CT molecular complexity index is 288. The second kappa shape index (κ2) is 3.69. The van der Waals surface area contributed by atoms with E-state index >= 15 is 0 Å². The summed E-state index contributed by atoms with van der Waals surface area (Å²) < 4.78 is 0. The lowest BCUT2D eigenvalue weighted by atomic mass is 9.85. The molecule has 72 valence electrons. The van der Waals surface area contributed by atoms with Gasteiger partial charge in [-0.05, 0) is 17.0 Å². The van der Waals surface area contributed by atoms with Crippen molar-refractivity contribution in [2.75, 3.05) is 0 Å². The number of rotatable bonds is 1. The Labute approximate surface area is 84.4 Å². The van der Waals surface area contributed by atoms with E-state index in [1.54, 1.807) is 6.07 Å². The van der Waals surface area contributed by atoms with Gasteiger partial charge >= 0.3 is 0 Å². The molecule has 1 aromatic rings. The maximum absolute atomic E-state index is 9.95. The Kier molecular flexibility index (Phi) is 2.99. The molecular formula is C11H15ClO. The van der Waals surface area contributed by atoms with Gasteiger partial charge < -0.3 is 5.11 Å². The number of aliphatic hydroxyl groups is 1. The summed E-state index contributed by atoms with van der Waals surface area (Å²) in [6.07, 6.45) is -0.513. The van der Waals surface area contributed by atoms with Gasteiger partial charge in [-0.2, -0.15) is 0 Å². The summed E-state index contributed by atoms with van der Waals surface area (Å²) in [5.74, 6) is 0. The van der Waals surface area contributed by atoms with E-state index in [1.165, 1.54) is 0 Å². The lowest BCUT2D eigenvalue weighted by Crippen LogP contribution is -2.17. The first kappa shape index (κ1) is 10.6. The molecule has 1 atom stereocenters. The standard InChI is InChI=1S/C11H15ClO/c1-11(2,3)10(13)8-6-4-5-7-9(8)12/h4-7,10,13H,1-3H3/t10-/m1/s1. The second-order valence-corrected chi connectivity index (χ2v) is 4.70. The topological polar surface area (TPSA) is 20.2 Å². The molecule has 0 amide bonds. The highest BCUT2D eigenvalue weighted by atomic mass is 35.5. The SMILES string of the molecule is CC(C)(C)[C@H](O)c1ccccc1Cl. The van der Waals surface area contributed by atoms with Gasteiger partial charge in [0.25, 0.3) is 0 Å². The Morgan fingerprint density at radius 1 is 1.23 bits per heavy atom. The first-order valence-corrected chi connectivity index (χ1v) is 4.73. The van der Waals surface area contributed by atoms with E-state index in [1.807, 2.05) is 39.0 Å². The molecule has 0 heterocycles. The zero-order chi connectivity index (χ0) is 10.1. The van der Waals surface area contributed by atoms with Gasteiger partial charge in [0, 0.05) is 5.02 Å². The van der Waals surface area contributed by atoms with Crippen LogP contribution in [-0.2, 0) is 0 Å². The molecule has 0 aliphatic carbocycles. The van der Waals surface area contributed by atoms with Gasteiger partial charge in [-0.1, -0.05) is 50.6 Å². The van der Waals surface area contributed by atoms with Crippen LogP contribution >= 0.6 is 11.6 Å². The van der Waals surface area contributed by atoms with Crippen LogP contribution in [0.4, 0.5) is 0 Å². The lowest BCUT2D eigenvalue weighted by molar-refractivity contribution is 0.0627. The van der Waals surface area contributed by atoms with E-state index in [-0.39, 0.29) is 5.41 Å². The van der Waals surface area contributed by atoms with Gasteiger partial charge in [-0.3, -0.25) is 0 Å². The highest BCUT2D eigenvalue weighted by molar-refractivity contribution is 6.31. The smallest absolute Gasteiger partial charge is 0.0852 e. The molecule has 1 aromatic carbocycles. The van der Waals surface area contributed by atoms with Crippen LogP contribution in [0.5, 0.6) is 0 Å². The molecular weight excluding hydrogens is 184 g/mol. The Balaban J connectivity index is 3.02. The third kappa shape index (κ3) is 2.45. The first-order valence-electron chi connectivity index (χ1n) is 4.35. The van der Waals surface area contributed by atoms with Crippen LogP contribution in [0.1, 0.15) is 32.4 Å². The van der Waals surface area contributed by atoms with Gasteiger partial charge in [-0.15, -0.1) is 0 Å². The van der Waals surface area contributed by atoms with E-state index in [2.05, 4.69) is 0 Å². The number of benzene rings is 1. The fraction of sp³-hybridized carbons (Fsp3) is 0.455. The maximum atomic E-state index is 9.95. The molecule has 0 radical (unpaired) electrons. The molecule has 0 aliphatic heterocycles. The largest absolute Gasteiger partial charge is 0.388 e. The highest BCUT2D eigenvalue weighted by Crippen LogP contribution is 2.35. The minimum atomic E-state index is -0.513. The molecule has 1 N–H and O–H groups in total. The van der Waals surface area contributed by atoms with Crippen LogP contribution in [0.25, 0.3) is 0 Å². The van der Waals surface area contributed by atoms with Crippen molar-refractivity contribution in [3.05, 3.63) is 34.9 Å². The predicted octanol–water partition coefficient (Wildman–Crippen LogP) is 3.42. The molecule has 0 saturated heterocycles. The average Bonchev–Trinajstić information content (AvgIpc) is 2.02. The van der Waals surface area contributed by atoms with Gasteiger partial charge in [0.15, 0.2) is 0 Å². The van der Waals surface area contributed by atoms with Crippen LogP contribution in [0.2, 0.25) is 5.02 Å². The van der Waals surface area contributed by atoms with Crippen molar-refractivity contribution in [3.8, 4) is 0 Å². The van der Waals surface area contributed by atoms with Crippen LogP contribution in [0.15, 0.2) is 24.3 Å². The molecule has 0 saturated carbocycles. The number of hydrogen-bond acceptors (Lipinski definition) is 1. The quantitative estimate of drug-likeness (QED) is 0.733. The van der Waals surface area contributed by atoms with Crippen molar-refractivity contribution >= 4 is 11.6 Å². The molecule has 0 aliphatic rings. The zero-order valence-electron chi connectivity index (χ0n) is 8.21. The fourth-order valence-corrected chi connectivity index (χ4v) is 1.40. The second-order valence-electron chi connectivity index (χ2n) is 4.29. The maximum Gasteiger partial charge on any atom is 0.0852 e. The monoisotopic (exact) mass is 198 g/mol. The van der Waals surface area contributed by atoms with Gasteiger partial charge in [0.1, 0.15) is 0 Å². The normalized spacial score (nSPS) is 14.2. The van der Waals surface area contributed by atoms with Crippen molar-refractivity contribution < 1.29 is 5.11 Å². The fourth-order valence-electron chi connectivity index (χ4n) is 1.16. The van der Waals surface area contributed by atoms with Crippen molar-refractivity contribution in [1.29, 1.82) is 0 Å². The summed E-state index contributed by atoms with van der Waals surface area (Å²) in [4.78, 5) is 0. The van der Waals surface area contributed by atoms with Crippen molar-refractivity contribution in [2.45, 2.75) is 26.9 Å². The van der Waals surface area contributed by atoms with Crippen LogP contribution in [-0.4, -0.2) is 5.11 Å². The van der Waals surface area contributed by atoms with Gasteiger partial charge in [-0.25, -0.2) is 0 Å². The minimum Gasteiger partial charge on any atom is -0.388 e. The molecule has 1 nitrogen and oxygen atoms in total. The Morgan fingerprint density at radius 3 is 2.23 bits per heavy atom. The van der Waals surface area contributed by atoms with Crippen molar-refractivity contribution in [1.82, 2.24) is 0 Å². The minimum absolute atomic E-state index is 0.176. The molecule has 0 spiro atoms. The van der Waals surface area contributed by atoms with E-state index in [0.29, 0.717) is 5.02 Å². The summed E-state index contributed by atoms with van der Waals surface area (Å²) >= 11 is 5.97. The van der Waals surface area contributed by atoms with E-state index in [9.17, 15) is 5.11 Å². The van der Waals surface area contributed by atoms with E-state index in [0.717, 1.165) is 5.56 Å². The van der Waals surface area contributed by atoms with E-state index < -0.39 is 6.10 Å². The molecule has 0 fully saturated rings. The van der Waals surface area contributed by atoms with Gasteiger partial charge in [0.2, 0.25) is 0 Å². The molecule has 0 aromatic heterocycles. The number of halogens is 1. The number of aliphatic hydroxyl groups excluding tert-OH is 1. The van der Waals surface area contributed by atoms with Crippen LogP contribution in [0, 0.1) is 5.41 Å². The Hall–Kier alpha value is -0.530. The molecule has 13 heavy (non-hydrogen) atoms. The van der Waals surface area contributed by atoms with Crippen LogP contribution < -0.4 is 0 Å². The van der Waals surface area contributed by atoms with Crippen molar-refractivity contribution in [3.63, 3.8) is 0 Å². The first-order chi connectivity index (χ1) is 5.93. The third-order valence-electron chi connectivity index (χ3n) is 2.02.